The highest BCUT2D eigenvalue weighted by Gasteiger charge is 2.17. The van der Waals surface area contributed by atoms with Crippen molar-refractivity contribution in [1.29, 1.82) is 0 Å². The first kappa shape index (κ1) is 13.7. The normalized spacial score (nSPS) is 12.7. The molecule has 0 saturated carbocycles. The van der Waals surface area contributed by atoms with Gasteiger partial charge in [-0.2, -0.15) is 0 Å². The van der Waals surface area contributed by atoms with Gasteiger partial charge in [-0.1, -0.05) is 22.9 Å². The van der Waals surface area contributed by atoms with Gasteiger partial charge >= 0.3 is 0 Å². The van der Waals surface area contributed by atoms with Crippen LogP contribution in [0.4, 0.5) is 4.39 Å². The summed E-state index contributed by atoms with van der Waals surface area (Å²) in [6, 6.07) is 6.99. The molecule has 1 nitrogen and oxygen atoms in total. The van der Waals surface area contributed by atoms with Gasteiger partial charge in [0.15, 0.2) is 0 Å². The molecule has 1 aromatic heterocycles. The fourth-order valence-electron chi connectivity index (χ4n) is 1.96. The summed E-state index contributed by atoms with van der Waals surface area (Å²) in [6.07, 6.45) is 0. The van der Waals surface area contributed by atoms with Crippen LogP contribution in [0.3, 0.4) is 0 Å². The van der Waals surface area contributed by atoms with Gasteiger partial charge in [0.25, 0.3) is 0 Å². The van der Waals surface area contributed by atoms with Crippen LogP contribution in [-0.4, -0.2) is 6.54 Å². The molecule has 0 spiro atoms. The quantitative estimate of drug-likeness (QED) is 0.861. The highest BCUT2D eigenvalue weighted by Crippen LogP contribution is 2.31. The second-order valence-corrected chi connectivity index (χ2v) is 6.12. The number of halogens is 2. The lowest BCUT2D eigenvalue weighted by atomic mass is 10.0. The Morgan fingerprint density at radius 1 is 1.39 bits per heavy atom. The summed E-state index contributed by atoms with van der Waals surface area (Å²) >= 11 is 5.22. The van der Waals surface area contributed by atoms with Crippen molar-refractivity contribution < 1.29 is 4.39 Å². The van der Waals surface area contributed by atoms with E-state index in [2.05, 4.69) is 46.5 Å². The molecule has 0 aliphatic rings. The molecule has 0 fully saturated rings. The Kier molecular flexibility index (Phi) is 4.54. The molecule has 0 aliphatic heterocycles. The predicted octanol–water partition coefficient (Wildman–Crippen LogP) is 4.66. The number of nitrogens with one attached hydrogen (secondary N) is 1. The van der Waals surface area contributed by atoms with Crippen LogP contribution in [0.5, 0.6) is 0 Å². The van der Waals surface area contributed by atoms with Crippen molar-refractivity contribution in [2.45, 2.75) is 19.9 Å². The Labute approximate surface area is 119 Å². The van der Waals surface area contributed by atoms with E-state index in [1.54, 1.807) is 23.5 Å². The van der Waals surface area contributed by atoms with Crippen LogP contribution < -0.4 is 5.32 Å². The van der Waals surface area contributed by atoms with E-state index >= 15 is 0 Å². The summed E-state index contributed by atoms with van der Waals surface area (Å²) < 4.78 is 14.4. The molecule has 0 radical (unpaired) electrons. The summed E-state index contributed by atoms with van der Waals surface area (Å²) in [5.41, 5.74) is 2.13. The van der Waals surface area contributed by atoms with Gasteiger partial charge in [-0.3, -0.25) is 0 Å². The first-order chi connectivity index (χ1) is 8.61. The number of hydrogen-bond donors (Lipinski definition) is 1. The summed E-state index contributed by atoms with van der Waals surface area (Å²) in [6.45, 7) is 4.97. The van der Waals surface area contributed by atoms with Crippen LogP contribution in [0.1, 0.15) is 29.0 Å². The minimum absolute atomic E-state index is 0.0324. The molecule has 0 bridgehead atoms. The maximum Gasteiger partial charge on any atom is 0.123 e. The van der Waals surface area contributed by atoms with Crippen LogP contribution >= 0.6 is 27.3 Å². The molecular formula is C14H15BrFNS. The summed E-state index contributed by atoms with van der Waals surface area (Å²) in [4.78, 5) is 1.26. The Hall–Kier alpha value is -0.710. The molecule has 0 aliphatic carbocycles. The van der Waals surface area contributed by atoms with Crippen molar-refractivity contribution in [2.24, 2.45) is 0 Å². The molecule has 96 valence electrons. The monoisotopic (exact) mass is 327 g/mol. The summed E-state index contributed by atoms with van der Waals surface area (Å²) in [5, 5.41) is 5.53. The number of benzene rings is 1. The van der Waals surface area contributed by atoms with Gasteiger partial charge in [-0.05, 0) is 54.2 Å². The van der Waals surface area contributed by atoms with Gasteiger partial charge in [0.05, 0.1) is 6.04 Å². The molecule has 0 saturated heterocycles. The van der Waals surface area contributed by atoms with Crippen molar-refractivity contribution in [3.05, 3.63) is 55.9 Å². The average Bonchev–Trinajstić information content (AvgIpc) is 2.76. The van der Waals surface area contributed by atoms with E-state index in [1.165, 1.54) is 16.5 Å². The number of rotatable bonds is 4. The first-order valence-corrected chi connectivity index (χ1v) is 7.52. The topological polar surface area (TPSA) is 12.0 Å². The van der Waals surface area contributed by atoms with Gasteiger partial charge < -0.3 is 5.32 Å². The Morgan fingerprint density at radius 3 is 2.78 bits per heavy atom. The van der Waals surface area contributed by atoms with Gasteiger partial charge in [0.1, 0.15) is 5.82 Å². The van der Waals surface area contributed by atoms with E-state index < -0.39 is 0 Å². The summed E-state index contributed by atoms with van der Waals surface area (Å²) in [7, 11) is 0. The van der Waals surface area contributed by atoms with Gasteiger partial charge in [0.2, 0.25) is 0 Å². The molecule has 1 aromatic carbocycles. The molecule has 18 heavy (non-hydrogen) atoms. The third kappa shape index (κ3) is 2.99. The van der Waals surface area contributed by atoms with Gasteiger partial charge in [-0.25, -0.2) is 4.39 Å². The van der Waals surface area contributed by atoms with E-state index in [9.17, 15) is 4.39 Å². The van der Waals surface area contributed by atoms with Crippen molar-refractivity contribution in [3.63, 3.8) is 0 Å². The molecule has 4 heteroatoms. The molecule has 2 rings (SSSR count). The minimum Gasteiger partial charge on any atom is -0.306 e. The number of hydrogen-bond acceptors (Lipinski definition) is 2. The van der Waals surface area contributed by atoms with E-state index in [-0.39, 0.29) is 11.9 Å². The number of aryl methyl sites for hydroxylation is 1. The molecule has 1 atom stereocenters. The lowest BCUT2D eigenvalue weighted by Gasteiger charge is -2.19. The van der Waals surface area contributed by atoms with E-state index in [0.717, 1.165) is 16.6 Å². The van der Waals surface area contributed by atoms with Crippen molar-refractivity contribution in [3.8, 4) is 0 Å². The molecule has 0 amide bonds. The second kappa shape index (κ2) is 5.95. The van der Waals surface area contributed by atoms with Crippen molar-refractivity contribution in [2.75, 3.05) is 6.54 Å². The highest BCUT2D eigenvalue weighted by molar-refractivity contribution is 9.10. The van der Waals surface area contributed by atoms with Gasteiger partial charge in [-0.15, -0.1) is 11.3 Å². The number of thiophene rings is 1. The maximum atomic E-state index is 13.4. The van der Waals surface area contributed by atoms with Gasteiger partial charge in [0, 0.05) is 9.35 Å². The maximum absolute atomic E-state index is 13.4. The first-order valence-electron chi connectivity index (χ1n) is 5.85. The molecular weight excluding hydrogens is 313 g/mol. The molecule has 2 aromatic rings. The fraction of sp³-hybridized carbons (Fsp3) is 0.286. The second-order valence-electron chi connectivity index (χ2n) is 4.15. The van der Waals surface area contributed by atoms with Crippen LogP contribution in [0.15, 0.2) is 34.1 Å². The van der Waals surface area contributed by atoms with E-state index in [1.807, 2.05) is 0 Å². The summed E-state index contributed by atoms with van der Waals surface area (Å²) in [5.74, 6) is -0.206. The van der Waals surface area contributed by atoms with E-state index in [0.29, 0.717) is 0 Å². The van der Waals surface area contributed by atoms with E-state index in [4.69, 9.17) is 0 Å². The predicted molar refractivity (Wildman–Crippen MR) is 78.7 cm³/mol. The zero-order valence-corrected chi connectivity index (χ0v) is 12.7. The zero-order valence-electron chi connectivity index (χ0n) is 10.3. The lowest BCUT2D eigenvalue weighted by molar-refractivity contribution is 0.602. The van der Waals surface area contributed by atoms with Crippen molar-refractivity contribution >= 4 is 27.3 Å². The third-order valence-corrected chi connectivity index (χ3v) is 4.36. The third-order valence-electron chi connectivity index (χ3n) is 2.76. The standard InChI is InChI=1S/C14H15BrFNS/c1-3-17-14(10-6-9(2)18-8-10)12-7-11(16)4-5-13(12)15/h4-8,14,17H,3H2,1-2H3. The largest absolute Gasteiger partial charge is 0.306 e. The zero-order chi connectivity index (χ0) is 13.1. The Balaban J connectivity index is 2.44. The SMILES string of the molecule is CCNC(c1csc(C)c1)c1cc(F)ccc1Br. The Bertz CT molecular complexity index is 538. The van der Waals surface area contributed by atoms with Crippen LogP contribution in [0.2, 0.25) is 0 Å². The lowest BCUT2D eigenvalue weighted by Crippen LogP contribution is -2.22. The highest BCUT2D eigenvalue weighted by atomic mass is 79.9. The van der Waals surface area contributed by atoms with Crippen LogP contribution in [-0.2, 0) is 0 Å². The fourth-order valence-corrected chi connectivity index (χ4v) is 3.17. The average molecular weight is 328 g/mol. The van der Waals surface area contributed by atoms with Crippen LogP contribution in [0, 0.1) is 12.7 Å². The molecule has 1 unspecified atom stereocenters. The molecule has 1 heterocycles. The molecule has 1 N–H and O–H groups in total. The van der Waals surface area contributed by atoms with Crippen LogP contribution in [0.25, 0.3) is 0 Å². The Morgan fingerprint density at radius 2 is 2.17 bits per heavy atom. The smallest absolute Gasteiger partial charge is 0.123 e. The van der Waals surface area contributed by atoms with Crippen molar-refractivity contribution in [1.82, 2.24) is 5.32 Å². The minimum atomic E-state index is -0.206.